The highest BCUT2D eigenvalue weighted by Gasteiger charge is 2.30. The first kappa shape index (κ1) is 21.0. The van der Waals surface area contributed by atoms with E-state index in [1.165, 1.54) is 15.3 Å². The maximum absolute atomic E-state index is 13.3. The van der Waals surface area contributed by atoms with Gasteiger partial charge in [-0.15, -0.1) is 0 Å². The minimum absolute atomic E-state index is 0.0900. The molecule has 2 aromatic carbocycles. The van der Waals surface area contributed by atoms with Gasteiger partial charge in [-0.3, -0.25) is 4.79 Å². The number of halogens is 2. The van der Waals surface area contributed by atoms with Crippen molar-refractivity contribution < 1.29 is 22.3 Å². The average molecular weight is 438 g/mol. The third-order valence-corrected chi connectivity index (χ3v) is 6.65. The maximum Gasteiger partial charge on any atom is 0.260 e. The lowest BCUT2D eigenvalue weighted by Gasteiger charge is -2.34. The number of hydrogen-bond donors (Lipinski definition) is 0. The summed E-state index contributed by atoms with van der Waals surface area (Å²) in [6, 6.07) is 11.6. The second kappa shape index (κ2) is 8.78. The Morgan fingerprint density at radius 2 is 1.79 bits per heavy atom. The van der Waals surface area contributed by atoms with Crippen molar-refractivity contribution in [3.05, 3.63) is 58.9 Å². The highest BCUT2D eigenvalue weighted by atomic mass is 35.5. The van der Waals surface area contributed by atoms with Crippen molar-refractivity contribution >= 4 is 27.5 Å². The topological polar surface area (TPSA) is 90.7 Å². The van der Waals surface area contributed by atoms with E-state index in [2.05, 4.69) is 0 Å². The van der Waals surface area contributed by atoms with Crippen molar-refractivity contribution in [2.75, 3.05) is 32.8 Å². The Hall–Kier alpha value is -2.67. The zero-order chi connectivity index (χ0) is 21.0. The van der Waals surface area contributed by atoms with Gasteiger partial charge in [-0.1, -0.05) is 11.6 Å². The summed E-state index contributed by atoms with van der Waals surface area (Å²) in [5.74, 6) is -0.494. The van der Waals surface area contributed by atoms with Crippen molar-refractivity contribution in [1.82, 2.24) is 9.21 Å². The molecule has 0 aliphatic carbocycles. The summed E-state index contributed by atoms with van der Waals surface area (Å²) in [6.07, 6.45) is 0. The molecule has 0 unspecified atom stereocenters. The minimum Gasteiger partial charge on any atom is -0.484 e. The van der Waals surface area contributed by atoms with Crippen molar-refractivity contribution in [1.29, 1.82) is 5.26 Å². The first-order chi connectivity index (χ1) is 13.8. The fraction of sp³-hybridized carbons (Fsp3) is 0.263. The normalized spacial score (nSPS) is 15.0. The van der Waals surface area contributed by atoms with E-state index in [0.29, 0.717) is 11.3 Å². The molecule has 1 aliphatic rings. The van der Waals surface area contributed by atoms with Crippen molar-refractivity contribution in [3.63, 3.8) is 0 Å². The molecule has 0 aromatic heterocycles. The highest BCUT2D eigenvalue weighted by molar-refractivity contribution is 7.89. The predicted octanol–water partition coefficient (Wildman–Crippen LogP) is 2.26. The molecule has 0 atom stereocenters. The maximum atomic E-state index is 13.3. The first-order valence-electron chi connectivity index (χ1n) is 8.67. The summed E-state index contributed by atoms with van der Waals surface area (Å²) in [7, 11) is -3.83. The molecule has 1 fully saturated rings. The van der Waals surface area contributed by atoms with E-state index >= 15 is 0 Å². The number of carbonyl (C=O) groups excluding carboxylic acids is 1. The summed E-state index contributed by atoms with van der Waals surface area (Å²) in [5, 5.41) is 8.51. The Bertz CT molecular complexity index is 1050. The fourth-order valence-corrected chi connectivity index (χ4v) is 4.52. The van der Waals surface area contributed by atoms with Gasteiger partial charge in [0, 0.05) is 26.2 Å². The Kier molecular flexibility index (Phi) is 6.37. The fourth-order valence-electron chi connectivity index (χ4n) is 2.83. The number of sulfonamides is 1. The Balaban J connectivity index is 1.55. The third-order valence-electron chi connectivity index (χ3n) is 4.47. The Morgan fingerprint density at radius 3 is 2.38 bits per heavy atom. The number of ether oxygens (including phenoxy) is 1. The molecule has 0 N–H and O–H groups in total. The van der Waals surface area contributed by atoms with Gasteiger partial charge >= 0.3 is 0 Å². The van der Waals surface area contributed by atoms with Crippen molar-refractivity contribution in [3.8, 4) is 11.8 Å². The number of benzene rings is 2. The Morgan fingerprint density at radius 1 is 1.14 bits per heavy atom. The van der Waals surface area contributed by atoms with Crippen molar-refractivity contribution in [2.24, 2.45) is 0 Å². The third kappa shape index (κ3) is 4.85. The summed E-state index contributed by atoms with van der Waals surface area (Å²) < 4.78 is 45.3. The summed E-state index contributed by atoms with van der Waals surface area (Å²) in [4.78, 5) is 13.8. The van der Waals surface area contributed by atoms with E-state index < -0.39 is 15.8 Å². The van der Waals surface area contributed by atoms with E-state index in [-0.39, 0.29) is 48.6 Å². The zero-order valence-corrected chi connectivity index (χ0v) is 16.8. The van der Waals surface area contributed by atoms with Gasteiger partial charge in [-0.05, 0) is 42.5 Å². The number of nitrogens with zero attached hydrogens (tertiary/aromatic N) is 3. The van der Waals surface area contributed by atoms with E-state index in [1.807, 2.05) is 6.07 Å². The molecule has 10 heteroatoms. The smallest absolute Gasteiger partial charge is 0.260 e. The molecular formula is C19H17ClFN3O4S. The number of carbonyl (C=O) groups is 1. The van der Waals surface area contributed by atoms with Gasteiger partial charge in [-0.2, -0.15) is 9.57 Å². The molecule has 1 aliphatic heterocycles. The molecule has 1 amide bonds. The molecule has 7 nitrogen and oxygen atoms in total. The quantitative estimate of drug-likeness (QED) is 0.715. The monoisotopic (exact) mass is 437 g/mol. The van der Waals surface area contributed by atoms with E-state index in [0.717, 1.165) is 12.1 Å². The first-order valence-corrected chi connectivity index (χ1v) is 10.5. The van der Waals surface area contributed by atoms with E-state index in [4.69, 9.17) is 21.6 Å². The molecule has 0 spiro atoms. The van der Waals surface area contributed by atoms with Gasteiger partial charge in [-0.25, -0.2) is 12.8 Å². The lowest BCUT2D eigenvalue weighted by molar-refractivity contribution is -0.134. The molecule has 2 aromatic rings. The van der Waals surface area contributed by atoms with Gasteiger partial charge in [0.05, 0.1) is 21.6 Å². The molecule has 0 saturated carbocycles. The van der Waals surface area contributed by atoms with Gasteiger partial charge in [0.15, 0.2) is 6.61 Å². The zero-order valence-electron chi connectivity index (χ0n) is 15.2. The van der Waals surface area contributed by atoms with E-state index in [9.17, 15) is 17.6 Å². The highest BCUT2D eigenvalue weighted by Crippen LogP contribution is 2.23. The molecular weight excluding hydrogens is 421 g/mol. The second-order valence-corrected chi connectivity index (χ2v) is 8.63. The summed E-state index contributed by atoms with van der Waals surface area (Å²) in [5.41, 5.74) is 0.489. The standard InChI is InChI=1S/C19H17ClFN3O4S/c20-17-11-16(5-6-18(17)21)29(26,27)24-9-7-23(8-10-24)19(25)13-28-15-3-1-14(12-22)2-4-15/h1-6,11H,7-10,13H2. The van der Waals surface area contributed by atoms with Gasteiger partial charge in [0.1, 0.15) is 11.6 Å². The van der Waals surface area contributed by atoms with Crippen LogP contribution in [0.1, 0.15) is 5.56 Å². The van der Waals surface area contributed by atoms with Gasteiger partial charge in [0.25, 0.3) is 5.91 Å². The SMILES string of the molecule is N#Cc1ccc(OCC(=O)N2CCN(S(=O)(=O)c3ccc(F)c(Cl)c3)CC2)cc1. The van der Waals surface area contributed by atoms with Crippen LogP contribution >= 0.6 is 11.6 Å². The molecule has 0 radical (unpaired) electrons. The number of nitriles is 1. The van der Waals surface area contributed by atoms with Crippen LogP contribution in [0.2, 0.25) is 5.02 Å². The molecule has 152 valence electrons. The van der Waals surface area contributed by atoms with Crippen LogP contribution in [0.15, 0.2) is 47.4 Å². The van der Waals surface area contributed by atoms with Gasteiger partial charge < -0.3 is 9.64 Å². The van der Waals surface area contributed by atoms with E-state index in [1.54, 1.807) is 24.3 Å². The molecule has 1 heterocycles. The molecule has 0 bridgehead atoms. The average Bonchev–Trinajstić information content (AvgIpc) is 2.74. The summed E-state index contributed by atoms with van der Waals surface area (Å²) >= 11 is 5.69. The molecule has 3 rings (SSSR count). The predicted molar refractivity (Wildman–Crippen MR) is 103 cm³/mol. The van der Waals surface area contributed by atoms with Crippen LogP contribution in [-0.2, 0) is 14.8 Å². The number of piperazine rings is 1. The van der Waals surface area contributed by atoms with Gasteiger partial charge in [0.2, 0.25) is 10.0 Å². The lowest BCUT2D eigenvalue weighted by Crippen LogP contribution is -2.51. The van der Waals surface area contributed by atoms with Crippen LogP contribution in [0, 0.1) is 17.1 Å². The molecule has 29 heavy (non-hydrogen) atoms. The van der Waals surface area contributed by atoms with Crippen LogP contribution in [0.5, 0.6) is 5.75 Å². The number of rotatable bonds is 5. The second-order valence-electron chi connectivity index (χ2n) is 6.29. The van der Waals surface area contributed by atoms with Crippen molar-refractivity contribution in [2.45, 2.75) is 4.90 Å². The Labute approximate surface area is 172 Å². The largest absolute Gasteiger partial charge is 0.484 e. The van der Waals surface area contributed by atoms with Crippen LogP contribution in [0.3, 0.4) is 0 Å². The minimum atomic E-state index is -3.83. The number of hydrogen-bond acceptors (Lipinski definition) is 5. The molecule has 1 saturated heterocycles. The summed E-state index contributed by atoms with van der Waals surface area (Å²) in [6.45, 7) is 0.458. The van der Waals surface area contributed by atoms with Crippen LogP contribution in [-0.4, -0.2) is 56.3 Å². The lowest BCUT2D eigenvalue weighted by atomic mass is 10.2. The van der Waals surface area contributed by atoms with Crippen LogP contribution < -0.4 is 4.74 Å². The van der Waals surface area contributed by atoms with Crippen LogP contribution in [0.25, 0.3) is 0 Å². The number of amides is 1. The van der Waals surface area contributed by atoms with Crippen LogP contribution in [0.4, 0.5) is 4.39 Å².